The highest BCUT2D eigenvalue weighted by Crippen LogP contribution is 2.22. The van der Waals surface area contributed by atoms with E-state index in [9.17, 15) is 8.42 Å². The zero-order valence-electron chi connectivity index (χ0n) is 8.34. The maximum absolute atomic E-state index is 11.5. The van der Waals surface area contributed by atoms with Gasteiger partial charge in [-0.2, -0.15) is 4.99 Å². The Morgan fingerprint density at radius 1 is 1.25 bits per heavy atom. The van der Waals surface area contributed by atoms with Gasteiger partial charge in [-0.25, -0.2) is 8.42 Å². The van der Waals surface area contributed by atoms with Gasteiger partial charge in [-0.3, -0.25) is 0 Å². The van der Waals surface area contributed by atoms with Crippen molar-refractivity contribution in [1.82, 2.24) is 0 Å². The largest absolute Gasteiger partial charge is 0.430 e. The molecule has 2 rings (SSSR count). The Morgan fingerprint density at radius 2 is 1.88 bits per heavy atom. The van der Waals surface area contributed by atoms with Crippen LogP contribution in [0.5, 0.6) is 5.75 Å². The molecule has 6 heteroatoms. The first-order valence-electron chi connectivity index (χ1n) is 4.43. The number of aliphatic imine (C=N–C) groups is 1. The summed E-state index contributed by atoms with van der Waals surface area (Å²) in [6.45, 7) is 1.94. The van der Waals surface area contributed by atoms with Crippen molar-refractivity contribution >= 4 is 31.0 Å². The second-order valence-electron chi connectivity index (χ2n) is 3.28. The van der Waals surface area contributed by atoms with E-state index in [2.05, 4.69) is 20.9 Å². The zero-order chi connectivity index (χ0) is 11.8. The average Bonchev–Trinajstić information content (AvgIpc) is 2.43. The Balaban J connectivity index is 2.25. The lowest BCUT2D eigenvalue weighted by atomic mass is 10.2. The monoisotopic (exact) mass is 301 g/mol. The molecule has 0 bridgehead atoms. The molecule has 0 unspecified atom stereocenters. The van der Waals surface area contributed by atoms with Crippen LogP contribution in [0.4, 0.5) is 0 Å². The summed E-state index contributed by atoms with van der Waals surface area (Å²) in [4.78, 5) is 3.74. The number of ether oxygens (including phenoxy) is 1. The molecule has 0 fully saturated rings. The molecule has 1 aromatic carbocycles. The quantitative estimate of drug-likeness (QED) is 0.748. The molecule has 0 spiro atoms. The highest BCUT2D eigenvalue weighted by Gasteiger charge is 2.26. The van der Waals surface area contributed by atoms with Crippen molar-refractivity contribution in [1.29, 1.82) is 0 Å². The molecule has 0 amide bonds. The van der Waals surface area contributed by atoms with Crippen molar-refractivity contribution < 1.29 is 13.2 Å². The third-order valence-electron chi connectivity index (χ3n) is 1.92. The molecule has 1 aliphatic rings. The van der Waals surface area contributed by atoms with Gasteiger partial charge < -0.3 is 4.74 Å². The van der Waals surface area contributed by atoms with E-state index in [4.69, 9.17) is 4.74 Å². The first-order chi connectivity index (χ1) is 7.47. The van der Waals surface area contributed by atoms with Crippen LogP contribution in [0, 0.1) is 6.92 Å². The van der Waals surface area contributed by atoms with Crippen molar-refractivity contribution in [2.75, 3.05) is 0 Å². The summed E-state index contributed by atoms with van der Waals surface area (Å²) in [7, 11) is -3.53. The van der Waals surface area contributed by atoms with Gasteiger partial charge in [-0.05, 0) is 35.0 Å². The van der Waals surface area contributed by atoms with Gasteiger partial charge in [0.2, 0.25) is 0 Å². The second kappa shape index (κ2) is 4.03. The SMILES string of the molecule is Cc1ccc(OC2=NC(Br)=CS2(=O)=O)cc1. The van der Waals surface area contributed by atoms with Crippen molar-refractivity contribution in [2.24, 2.45) is 4.99 Å². The predicted molar refractivity (Wildman–Crippen MR) is 65.2 cm³/mol. The van der Waals surface area contributed by atoms with E-state index in [0.717, 1.165) is 11.0 Å². The van der Waals surface area contributed by atoms with Crippen molar-refractivity contribution in [3.05, 3.63) is 39.8 Å². The summed E-state index contributed by atoms with van der Waals surface area (Å²) in [6.07, 6.45) is 0. The van der Waals surface area contributed by atoms with Crippen LogP contribution in [-0.4, -0.2) is 13.6 Å². The predicted octanol–water partition coefficient (Wildman–Crippen LogP) is 2.35. The molecule has 1 heterocycles. The van der Waals surface area contributed by atoms with E-state index in [-0.39, 0.29) is 9.84 Å². The number of hydrogen-bond donors (Lipinski definition) is 0. The average molecular weight is 302 g/mol. The van der Waals surface area contributed by atoms with Crippen LogP contribution < -0.4 is 4.74 Å². The van der Waals surface area contributed by atoms with Crippen LogP contribution in [-0.2, 0) is 9.84 Å². The number of rotatable bonds is 1. The van der Waals surface area contributed by atoms with Crippen molar-refractivity contribution in [3.8, 4) is 5.75 Å². The summed E-state index contributed by atoms with van der Waals surface area (Å²) in [5, 5.41) is 0.708. The molecule has 16 heavy (non-hydrogen) atoms. The lowest BCUT2D eigenvalue weighted by Crippen LogP contribution is -2.15. The number of aryl methyl sites for hydroxylation is 1. The standard InChI is InChI=1S/C10H8BrNO3S/c1-7-2-4-8(5-3-7)15-10-12-9(11)6-16(10,13)14/h2-6H,1H3. The fraction of sp³-hybridized carbons (Fsp3) is 0.100. The van der Waals surface area contributed by atoms with E-state index in [1.165, 1.54) is 0 Å². The molecule has 0 saturated carbocycles. The molecule has 4 nitrogen and oxygen atoms in total. The highest BCUT2D eigenvalue weighted by atomic mass is 79.9. The van der Waals surface area contributed by atoms with Gasteiger partial charge in [0, 0.05) is 0 Å². The third-order valence-corrected chi connectivity index (χ3v) is 3.82. The van der Waals surface area contributed by atoms with E-state index >= 15 is 0 Å². The minimum absolute atomic E-state index is 0.245. The highest BCUT2D eigenvalue weighted by molar-refractivity contribution is 9.11. The third kappa shape index (κ3) is 2.33. The first-order valence-corrected chi connectivity index (χ1v) is 6.77. The molecule has 0 saturated heterocycles. The maximum Gasteiger partial charge on any atom is 0.320 e. The van der Waals surface area contributed by atoms with Crippen LogP contribution in [0.2, 0.25) is 0 Å². The molecule has 1 aliphatic heterocycles. The van der Waals surface area contributed by atoms with Gasteiger partial charge in [-0.15, -0.1) is 0 Å². The van der Waals surface area contributed by atoms with Crippen molar-refractivity contribution in [3.63, 3.8) is 0 Å². The van der Waals surface area contributed by atoms with E-state index in [1.54, 1.807) is 12.1 Å². The Bertz CT molecular complexity index is 573. The number of nitrogens with zero attached hydrogens (tertiary/aromatic N) is 1. The molecule has 1 aromatic rings. The lowest BCUT2D eigenvalue weighted by Gasteiger charge is -2.03. The van der Waals surface area contributed by atoms with Crippen LogP contribution in [0.15, 0.2) is 39.3 Å². The Kier molecular flexibility index (Phi) is 2.86. The van der Waals surface area contributed by atoms with Crippen LogP contribution in [0.1, 0.15) is 5.56 Å². The van der Waals surface area contributed by atoms with E-state index < -0.39 is 9.84 Å². The van der Waals surface area contributed by atoms with Crippen molar-refractivity contribution in [2.45, 2.75) is 6.92 Å². The summed E-state index contributed by atoms with van der Waals surface area (Å²) in [5.41, 5.74) is 1.07. The summed E-state index contributed by atoms with van der Waals surface area (Å²) in [5.74, 6) is 0.448. The maximum atomic E-state index is 11.5. The minimum Gasteiger partial charge on any atom is -0.430 e. The number of halogens is 1. The smallest absolute Gasteiger partial charge is 0.320 e. The zero-order valence-corrected chi connectivity index (χ0v) is 10.7. The summed E-state index contributed by atoms with van der Waals surface area (Å²) >= 11 is 2.99. The Hall–Kier alpha value is -1.14. The first kappa shape index (κ1) is 11.3. The molecule has 0 aliphatic carbocycles. The molecule has 0 atom stereocenters. The van der Waals surface area contributed by atoms with Gasteiger partial charge >= 0.3 is 5.23 Å². The second-order valence-corrected chi connectivity index (χ2v) is 5.77. The fourth-order valence-electron chi connectivity index (χ4n) is 1.14. The molecule has 0 radical (unpaired) electrons. The van der Waals surface area contributed by atoms with Gasteiger partial charge in [0.05, 0.1) is 5.41 Å². The number of hydrogen-bond acceptors (Lipinski definition) is 4. The molecular formula is C10H8BrNO3S. The number of sulfone groups is 1. The molecule has 0 N–H and O–H groups in total. The fourth-order valence-corrected chi connectivity index (χ4v) is 3.01. The Morgan fingerprint density at radius 3 is 2.38 bits per heavy atom. The normalized spacial score (nSPS) is 17.9. The lowest BCUT2D eigenvalue weighted by molar-refractivity contribution is 0.550. The van der Waals surface area contributed by atoms with Gasteiger partial charge in [0.15, 0.2) is 0 Å². The summed E-state index contributed by atoms with van der Waals surface area (Å²) < 4.78 is 28.4. The van der Waals surface area contributed by atoms with E-state index in [0.29, 0.717) is 5.75 Å². The summed E-state index contributed by atoms with van der Waals surface area (Å²) in [6, 6.07) is 7.05. The molecular weight excluding hydrogens is 294 g/mol. The molecule has 84 valence electrons. The number of benzene rings is 1. The van der Waals surface area contributed by atoms with Gasteiger partial charge in [0.1, 0.15) is 10.4 Å². The van der Waals surface area contributed by atoms with Crippen LogP contribution >= 0.6 is 15.9 Å². The Labute approximate surface area is 102 Å². The van der Waals surface area contributed by atoms with Crippen LogP contribution in [0.3, 0.4) is 0 Å². The topological polar surface area (TPSA) is 55.7 Å². The van der Waals surface area contributed by atoms with E-state index in [1.807, 2.05) is 19.1 Å². The van der Waals surface area contributed by atoms with Gasteiger partial charge in [-0.1, -0.05) is 17.7 Å². The molecule has 0 aromatic heterocycles. The minimum atomic E-state index is -3.53. The van der Waals surface area contributed by atoms with Gasteiger partial charge in [0.25, 0.3) is 9.84 Å². The van der Waals surface area contributed by atoms with Crippen LogP contribution in [0.25, 0.3) is 0 Å².